The summed E-state index contributed by atoms with van der Waals surface area (Å²) in [5, 5.41) is 18.5. The number of nitriles is 1. The Labute approximate surface area is 473 Å². The number of nitrogens with zero attached hydrogens (tertiary/aromatic N) is 6. The first-order valence-corrected chi connectivity index (χ1v) is 28.7. The molecule has 3 aromatic carbocycles. The Morgan fingerprint density at radius 2 is 1.52 bits per heavy atom. The summed E-state index contributed by atoms with van der Waals surface area (Å²) in [5.41, 5.74) is 2.09. The van der Waals surface area contributed by atoms with Crippen LogP contribution in [0.2, 0.25) is 0 Å². The van der Waals surface area contributed by atoms with E-state index in [4.69, 9.17) is 9.47 Å². The van der Waals surface area contributed by atoms with E-state index < -0.39 is 42.4 Å². The summed E-state index contributed by atoms with van der Waals surface area (Å²) in [6, 6.07) is 22.4. The molecule has 4 saturated heterocycles. The maximum atomic E-state index is 15.1. The van der Waals surface area contributed by atoms with E-state index in [2.05, 4.69) is 41.8 Å². The summed E-state index contributed by atoms with van der Waals surface area (Å²) in [7, 11) is 0. The Kier molecular flexibility index (Phi) is 16.3. The lowest BCUT2D eigenvalue weighted by Crippen LogP contribution is -2.58. The number of piperidine rings is 3. The van der Waals surface area contributed by atoms with Crippen LogP contribution in [0.5, 0.6) is 11.5 Å². The second-order valence-electron chi connectivity index (χ2n) is 22.8. The van der Waals surface area contributed by atoms with Crippen LogP contribution in [0.1, 0.15) is 99.2 Å². The van der Waals surface area contributed by atoms with E-state index in [1.54, 1.807) is 66.9 Å². The van der Waals surface area contributed by atoms with Gasteiger partial charge in [-0.1, -0.05) is 24.3 Å². The van der Waals surface area contributed by atoms with Crippen LogP contribution in [0.3, 0.4) is 0 Å². The molecule has 18 nitrogen and oxygen atoms in total. The molecule has 11 rings (SSSR count). The summed E-state index contributed by atoms with van der Waals surface area (Å²) >= 11 is 0. The molecule has 6 aliphatic rings. The number of piperazine rings is 1. The zero-order valence-electron chi connectivity index (χ0n) is 45.6. The van der Waals surface area contributed by atoms with Crippen molar-refractivity contribution in [3.63, 3.8) is 0 Å². The molecule has 0 bridgehead atoms. The molecule has 82 heavy (non-hydrogen) atoms. The topological polar surface area (TPSA) is 222 Å². The number of rotatable bonds is 14. The molecule has 1 saturated carbocycles. The first-order valence-electron chi connectivity index (χ1n) is 28.7. The number of imide groups is 1. The van der Waals surface area contributed by atoms with Gasteiger partial charge in [-0.2, -0.15) is 18.4 Å². The van der Waals surface area contributed by atoms with Crippen molar-refractivity contribution in [3.8, 4) is 28.8 Å². The van der Waals surface area contributed by atoms with Crippen molar-refractivity contribution in [2.24, 2.45) is 17.8 Å². The van der Waals surface area contributed by atoms with Crippen LogP contribution in [0, 0.1) is 29.1 Å². The maximum absolute atomic E-state index is 15.1. The number of halogens is 3. The highest BCUT2D eigenvalue weighted by Crippen LogP contribution is 2.46. The van der Waals surface area contributed by atoms with E-state index in [0.29, 0.717) is 102 Å². The minimum absolute atomic E-state index is 0.00699. The number of aromatic nitrogens is 2. The largest absolute Gasteiger partial charge is 0.492 e. The van der Waals surface area contributed by atoms with Gasteiger partial charge in [0.15, 0.2) is 0 Å². The van der Waals surface area contributed by atoms with Gasteiger partial charge < -0.3 is 39.8 Å². The third-order valence-electron chi connectivity index (χ3n) is 17.7. The van der Waals surface area contributed by atoms with Gasteiger partial charge >= 0.3 is 6.18 Å². The zero-order chi connectivity index (χ0) is 57.1. The number of para-hydroxylation sites is 1. The van der Waals surface area contributed by atoms with E-state index in [1.807, 2.05) is 17.2 Å². The number of anilines is 2. The van der Waals surface area contributed by atoms with Crippen molar-refractivity contribution in [1.82, 2.24) is 35.3 Å². The lowest BCUT2D eigenvalue weighted by atomic mass is 9.81. The molecule has 21 heteroatoms. The summed E-state index contributed by atoms with van der Waals surface area (Å²) in [5.74, 6) is -1.92. The van der Waals surface area contributed by atoms with Crippen LogP contribution in [0.25, 0.3) is 22.2 Å². The molecule has 430 valence electrons. The Morgan fingerprint density at radius 1 is 0.780 bits per heavy atom. The van der Waals surface area contributed by atoms with E-state index in [1.165, 1.54) is 11.0 Å². The predicted molar refractivity (Wildman–Crippen MR) is 297 cm³/mol. The molecule has 6 amide bonds. The van der Waals surface area contributed by atoms with Gasteiger partial charge in [-0.3, -0.25) is 44.0 Å². The Balaban J connectivity index is 0.598. The first kappa shape index (κ1) is 55.9. The number of aromatic amines is 1. The number of H-pyrrole nitrogens is 1. The average molecular weight is 1130 g/mol. The number of benzene rings is 3. The van der Waals surface area contributed by atoms with E-state index in [-0.39, 0.29) is 79.8 Å². The fourth-order valence-corrected chi connectivity index (χ4v) is 13.0. The number of carbonyl (C=O) groups excluding carboxylic acids is 6. The normalized spacial score (nSPS) is 22.6. The summed E-state index contributed by atoms with van der Waals surface area (Å²) in [6.07, 6.45) is 2.98. The van der Waals surface area contributed by atoms with Gasteiger partial charge in [0.05, 0.1) is 47.6 Å². The number of amides is 6. The highest BCUT2D eigenvalue weighted by molar-refractivity contribution is 6.02. The predicted octanol–water partition coefficient (Wildman–Crippen LogP) is 7.41. The molecule has 2 aromatic heterocycles. The van der Waals surface area contributed by atoms with Crippen molar-refractivity contribution in [1.29, 1.82) is 5.26 Å². The zero-order valence-corrected chi connectivity index (χ0v) is 45.6. The van der Waals surface area contributed by atoms with E-state index in [9.17, 15) is 34.0 Å². The molecule has 2 atom stereocenters. The summed E-state index contributed by atoms with van der Waals surface area (Å²) in [4.78, 5) is 93.9. The fraction of sp³-hybridized carbons (Fsp3) is 0.475. The van der Waals surface area contributed by atoms with Gasteiger partial charge in [0.1, 0.15) is 18.1 Å². The molecular weight excluding hydrogens is 1060 g/mol. The molecule has 1 unspecified atom stereocenters. The summed E-state index contributed by atoms with van der Waals surface area (Å²) in [6.45, 7) is 5.67. The SMILES string of the molecule is N#Cc1cccc2[nH]c(-c3ccccc3OC3(C(F)(F)F)CCN(C(=O)[C@H]4CC(=O)Nc5cc(OCCNC(=O)C6CCC(C(=O)N7CCN(CC8CCN(c9cncc(C%10CCC(=O)NC%10=O)c9)CC8)CC7)CC6)ccc54)CC3)cc12. The van der Waals surface area contributed by atoms with Gasteiger partial charge in [0.2, 0.25) is 41.0 Å². The van der Waals surface area contributed by atoms with E-state index in [0.717, 1.165) is 56.8 Å². The molecule has 5 fully saturated rings. The number of likely N-dealkylation sites (tertiary alicyclic amines) is 1. The quantitative estimate of drug-likeness (QED) is 0.0631. The monoisotopic (exact) mass is 1120 g/mol. The van der Waals surface area contributed by atoms with Crippen LogP contribution < -0.4 is 30.3 Å². The average Bonchev–Trinajstić information content (AvgIpc) is 3.92. The molecule has 0 spiro atoms. The van der Waals surface area contributed by atoms with Gasteiger partial charge in [-0.25, -0.2) is 0 Å². The standard InChI is InChI=1S/C61H67F3N10O8/c62-61(63,64)60(82-53-7-2-1-5-47(53)52-32-48-41(34-65)4-3-6-50(48)68-52)18-23-73(24-19-60)59(80)49-33-55(76)69-51-31-44(12-13-46(49)51)81-29-20-67-56(77)39-8-10-40(11-9-39)58(79)74-27-25-71(26-28-74)37-38-16-21-72(22-17-38)43-30-42(35-66-36-43)45-14-15-54(75)70-57(45)78/h1-7,12-13,30-32,35-36,38-40,45,49,68H,8-11,14-29,33,37H2,(H,67,77)(H,69,76)(H,70,75,78)/t39?,40?,45?,49-/m0/s1. The van der Waals surface area contributed by atoms with Gasteiger partial charge in [0, 0.05) is 131 Å². The fourth-order valence-electron chi connectivity index (χ4n) is 13.0. The molecule has 5 aliphatic heterocycles. The van der Waals surface area contributed by atoms with Crippen LogP contribution in [-0.2, 0) is 28.8 Å². The lowest BCUT2D eigenvalue weighted by Gasteiger charge is -2.43. The number of hydrogen-bond donors (Lipinski definition) is 4. The number of pyridine rings is 1. The number of ether oxygens (including phenoxy) is 2. The number of alkyl halides is 3. The third kappa shape index (κ3) is 12.0. The molecule has 7 heterocycles. The van der Waals surface area contributed by atoms with Gasteiger partial charge in [-0.15, -0.1) is 0 Å². The van der Waals surface area contributed by atoms with Crippen molar-refractivity contribution in [3.05, 3.63) is 102 Å². The van der Waals surface area contributed by atoms with Crippen LogP contribution in [-0.4, -0.2) is 144 Å². The maximum Gasteiger partial charge on any atom is 0.428 e. The molecule has 1 aliphatic carbocycles. The van der Waals surface area contributed by atoms with Crippen molar-refractivity contribution in [2.45, 2.75) is 94.2 Å². The smallest absolute Gasteiger partial charge is 0.428 e. The lowest BCUT2D eigenvalue weighted by molar-refractivity contribution is -0.260. The minimum atomic E-state index is -4.79. The first-order chi connectivity index (χ1) is 39.6. The highest BCUT2D eigenvalue weighted by atomic mass is 19.4. The Bertz CT molecular complexity index is 3270. The van der Waals surface area contributed by atoms with Gasteiger partial charge in [-0.05, 0) is 104 Å². The van der Waals surface area contributed by atoms with Crippen LogP contribution in [0.4, 0.5) is 24.5 Å². The highest BCUT2D eigenvalue weighted by Gasteiger charge is 2.59. The van der Waals surface area contributed by atoms with Crippen LogP contribution >= 0.6 is 0 Å². The third-order valence-corrected chi connectivity index (χ3v) is 17.7. The second kappa shape index (κ2) is 23.8. The molecular formula is C61H67F3N10O8. The number of fused-ring (bicyclic) bond motifs is 2. The minimum Gasteiger partial charge on any atom is -0.492 e. The summed E-state index contributed by atoms with van der Waals surface area (Å²) < 4.78 is 57.3. The van der Waals surface area contributed by atoms with E-state index >= 15 is 13.2 Å². The number of carbonyl (C=O) groups is 6. The van der Waals surface area contributed by atoms with Crippen molar-refractivity contribution < 1.29 is 51.4 Å². The van der Waals surface area contributed by atoms with Crippen LogP contribution in [0.15, 0.2) is 85.2 Å². The van der Waals surface area contributed by atoms with Gasteiger partial charge in [0.25, 0.3) is 0 Å². The molecule has 5 aromatic rings. The molecule has 4 N–H and O–H groups in total. The second-order valence-corrected chi connectivity index (χ2v) is 22.8. The Morgan fingerprint density at radius 3 is 2.27 bits per heavy atom. The van der Waals surface area contributed by atoms with Crippen molar-refractivity contribution in [2.75, 3.05) is 82.3 Å². The number of nitrogens with one attached hydrogen (secondary N) is 4. The van der Waals surface area contributed by atoms with Crippen molar-refractivity contribution >= 4 is 57.7 Å². The Hall–Kier alpha value is -7.99. The number of hydrogen-bond acceptors (Lipinski definition) is 12. The molecule has 0 radical (unpaired) electrons.